The molecule has 5 nitrogen and oxygen atoms in total. The number of hydrogen-bond donors (Lipinski definition) is 0. The molecule has 2 fully saturated rings. The summed E-state index contributed by atoms with van der Waals surface area (Å²) < 4.78 is 15.3. The summed E-state index contributed by atoms with van der Waals surface area (Å²) >= 11 is 1.52. The highest BCUT2D eigenvalue weighted by molar-refractivity contribution is 7.13. The van der Waals surface area contributed by atoms with Crippen LogP contribution >= 0.6 is 11.3 Å². The van der Waals surface area contributed by atoms with Crippen molar-refractivity contribution in [2.45, 2.75) is 25.7 Å². The summed E-state index contributed by atoms with van der Waals surface area (Å²) in [5, 5.41) is 6.44. The molecule has 0 bridgehead atoms. The molecule has 2 aliphatic rings. The van der Waals surface area contributed by atoms with Crippen LogP contribution in [-0.2, 0) is 0 Å². The molecule has 3 aromatic rings. The fraction of sp³-hybridized carbons (Fsp3) is 0.381. The quantitative estimate of drug-likeness (QED) is 0.659. The minimum atomic E-state index is -0.346. The van der Waals surface area contributed by atoms with Gasteiger partial charge in [-0.15, -0.1) is 16.4 Å². The summed E-state index contributed by atoms with van der Waals surface area (Å²) in [6.45, 7) is 1.60. The Kier molecular flexibility index (Phi) is 4.47. The summed E-state index contributed by atoms with van der Waals surface area (Å²) in [6, 6.07) is 10.1. The molecular weight excluding hydrogens is 375 g/mol. The summed E-state index contributed by atoms with van der Waals surface area (Å²) in [5.41, 5.74) is 0.560. The molecule has 0 radical (unpaired) electrons. The molecule has 1 saturated heterocycles. The van der Waals surface area contributed by atoms with Gasteiger partial charge >= 0.3 is 0 Å². The van der Waals surface area contributed by atoms with E-state index in [1.807, 2.05) is 22.4 Å². The number of halogens is 1. The normalized spacial score (nSPS) is 21.7. The maximum Gasteiger partial charge on any atom is 0.293 e. The van der Waals surface area contributed by atoms with Gasteiger partial charge in [0.1, 0.15) is 5.82 Å². The molecule has 2 aromatic heterocycles. The molecule has 144 valence electrons. The molecular formula is C21H21FN4OS. The van der Waals surface area contributed by atoms with Crippen molar-refractivity contribution in [3.05, 3.63) is 53.4 Å². The predicted octanol–water partition coefficient (Wildman–Crippen LogP) is 4.40. The van der Waals surface area contributed by atoms with E-state index in [1.54, 1.807) is 16.8 Å². The number of likely N-dealkylation sites (tertiary alicyclic amines) is 1. The number of rotatable bonds is 3. The van der Waals surface area contributed by atoms with Crippen molar-refractivity contribution < 1.29 is 9.18 Å². The van der Waals surface area contributed by atoms with Gasteiger partial charge in [-0.05, 0) is 54.3 Å². The summed E-state index contributed by atoms with van der Waals surface area (Å²) in [6.07, 6.45) is 4.94. The van der Waals surface area contributed by atoms with Crippen LogP contribution in [0.3, 0.4) is 0 Å². The maximum absolute atomic E-state index is 13.8. The smallest absolute Gasteiger partial charge is 0.293 e. The number of thiophene rings is 1. The van der Waals surface area contributed by atoms with Gasteiger partial charge in [-0.1, -0.05) is 25.0 Å². The highest BCUT2D eigenvalue weighted by atomic mass is 32.1. The van der Waals surface area contributed by atoms with Crippen LogP contribution in [0, 0.1) is 17.7 Å². The fourth-order valence-electron chi connectivity index (χ4n) is 4.47. The van der Waals surface area contributed by atoms with E-state index in [1.165, 1.54) is 49.2 Å². The molecule has 7 heteroatoms. The zero-order chi connectivity index (χ0) is 19.1. The lowest BCUT2D eigenvalue weighted by molar-refractivity contribution is 0.0772. The first kappa shape index (κ1) is 17.6. The standard InChI is InChI=1S/C21H21FN4OS/c22-16-7-3-8-17(11-16)26-20(18-9-4-10-28-18)23-19(24-26)21(27)25-12-14-5-1-2-6-15(14)13-25/h3-4,7-11,14-15H,1-2,5-6,12-13H2/t14-,15-/m1/s1. The number of carbonyl (C=O) groups is 1. The van der Waals surface area contributed by atoms with Crippen molar-refractivity contribution in [3.63, 3.8) is 0 Å². The summed E-state index contributed by atoms with van der Waals surface area (Å²) in [5.74, 6) is 1.51. The monoisotopic (exact) mass is 396 g/mol. The molecule has 5 rings (SSSR count). The molecule has 1 aliphatic carbocycles. The van der Waals surface area contributed by atoms with Crippen molar-refractivity contribution in [3.8, 4) is 16.4 Å². The highest BCUT2D eigenvalue weighted by Crippen LogP contribution is 2.36. The third kappa shape index (κ3) is 3.13. The molecule has 1 amide bonds. The number of carbonyl (C=O) groups excluding carboxylic acids is 1. The van der Waals surface area contributed by atoms with E-state index < -0.39 is 0 Å². The van der Waals surface area contributed by atoms with Crippen LogP contribution in [0.4, 0.5) is 4.39 Å². The average molecular weight is 396 g/mol. The van der Waals surface area contributed by atoms with Crippen LogP contribution in [-0.4, -0.2) is 38.7 Å². The molecule has 0 unspecified atom stereocenters. The van der Waals surface area contributed by atoms with Gasteiger partial charge in [0.05, 0.1) is 10.6 Å². The molecule has 0 spiro atoms. The molecule has 28 heavy (non-hydrogen) atoms. The largest absolute Gasteiger partial charge is 0.335 e. The van der Waals surface area contributed by atoms with Crippen LogP contribution in [0.15, 0.2) is 41.8 Å². The first-order chi connectivity index (χ1) is 13.7. The van der Waals surface area contributed by atoms with E-state index in [2.05, 4.69) is 10.1 Å². The van der Waals surface area contributed by atoms with Gasteiger partial charge in [-0.2, -0.15) is 0 Å². The second kappa shape index (κ2) is 7.13. The second-order valence-electron chi connectivity index (χ2n) is 7.64. The van der Waals surface area contributed by atoms with Gasteiger partial charge in [-0.25, -0.2) is 14.1 Å². The number of amides is 1. The third-order valence-electron chi connectivity index (χ3n) is 5.86. The Morgan fingerprint density at radius 1 is 1.11 bits per heavy atom. The molecule has 2 atom stereocenters. The van der Waals surface area contributed by atoms with Gasteiger partial charge < -0.3 is 4.90 Å². The van der Waals surface area contributed by atoms with E-state index in [0.29, 0.717) is 23.3 Å². The number of hydrogen-bond acceptors (Lipinski definition) is 4. The van der Waals surface area contributed by atoms with Crippen molar-refractivity contribution >= 4 is 17.2 Å². The minimum absolute atomic E-state index is 0.123. The van der Waals surface area contributed by atoms with Crippen molar-refractivity contribution in [1.82, 2.24) is 19.7 Å². The van der Waals surface area contributed by atoms with E-state index in [-0.39, 0.29) is 17.5 Å². The molecule has 1 saturated carbocycles. The summed E-state index contributed by atoms with van der Waals surface area (Å²) in [4.78, 5) is 20.5. The number of fused-ring (bicyclic) bond motifs is 1. The van der Waals surface area contributed by atoms with Crippen LogP contribution in [0.25, 0.3) is 16.4 Å². The second-order valence-corrected chi connectivity index (χ2v) is 8.59. The first-order valence-corrected chi connectivity index (χ1v) is 10.6. The Hall–Kier alpha value is -2.54. The first-order valence-electron chi connectivity index (χ1n) is 9.75. The number of benzene rings is 1. The lowest BCUT2D eigenvalue weighted by Gasteiger charge is -2.22. The fourth-order valence-corrected chi connectivity index (χ4v) is 5.17. The lowest BCUT2D eigenvalue weighted by Crippen LogP contribution is -2.30. The van der Waals surface area contributed by atoms with E-state index in [4.69, 9.17) is 0 Å². The minimum Gasteiger partial charge on any atom is -0.335 e. The van der Waals surface area contributed by atoms with Gasteiger partial charge in [0.15, 0.2) is 5.82 Å². The van der Waals surface area contributed by atoms with Crippen LogP contribution < -0.4 is 0 Å². The predicted molar refractivity (Wildman–Crippen MR) is 106 cm³/mol. The zero-order valence-electron chi connectivity index (χ0n) is 15.4. The average Bonchev–Trinajstić information content (AvgIpc) is 3.45. The molecule has 3 heterocycles. The zero-order valence-corrected chi connectivity index (χ0v) is 16.2. The molecule has 0 N–H and O–H groups in total. The van der Waals surface area contributed by atoms with Crippen molar-refractivity contribution in [2.75, 3.05) is 13.1 Å². The molecule has 1 aromatic carbocycles. The Morgan fingerprint density at radius 3 is 2.57 bits per heavy atom. The van der Waals surface area contributed by atoms with Crippen molar-refractivity contribution in [2.24, 2.45) is 11.8 Å². The maximum atomic E-state index is 13.8. The lowest BCUT2D eigenvalue weighted by atomic mass is 9.82. The van der Waals surface area contributed by atoms with E-state index in [9.17, 15) is 9.18 Å². The number of nitrogens with zero attached hydrogens (tertiary/aromatic N) is 4. The topological polar surface area (TPSA) is 51.0 Å². The molecule has 1 aliphatic heterocycles. The van der Waals surface area contributed by atoms with Gasteiger partial charge in [0, 0.05) is 13.1 Å². The Bertz CT molecular complexity index is 986. The number of aromatic nitrogens is 3. The van der Waals surface area contributed by atoms with E-state index >= 15 is 0 Å². The van der Waals surface area contributed by atoms with E-state index in [0.717, 1.165) is 18.0 Å². The van der Waals surface area contributed by atoms with Crippen LogP contribution in [0.2, 0.25) is 0 Å². The van der Waals surface area contributed by atoms with Gasteiger partial charge in [0.25, 0.3) is 5.91 Å². The van der Waals surface area contributed by atoms with Crippen LogP contribution in [0.5, 0.6) is 0 Å². The SMILES string of the molecule is O=C(c1nc(-c2cccs2)n(-c2cccc(F)c2)n1)N1C[C@H]2CCCC[C@@H]2C1. The highest BCUT2D eigenvalue weighted by Gasteiger charge is 2.38. The Labute approximate surface area is 166 Å². The Balaban J connectivity index is 1.50. The summed E-state index contributed by atoms with van der Waals surface area (Å²) in [7, 11) is 0. The van der Waals surface area contributed by atoms with Crippen molar-refractivity contribution in [1.29, 1.82) is 0 Å². The van der Waals surface area contributed by atoms with Gasteiger partial charge in [-0.3, -0.25) is 4.79 Å². The van der Waals surface area contributed by atoms with Crippen LogP contribution in [0.1, 0.15) is 36.3 Å². The van der Waals surface area contributed by atoms with Gasteiger partial charge in [0.2, 0.25) is 5.82 Å². The third-order valence-corrected chi connectivity index (χ3v) is 6.72. The Morgan fingerprint density at radius 2 is 1.89 bits per heavy atom.